The van der Waals surface area contributed by atoms with Crippen LogP contribution in [0, 0.1) is 0 Å². The monoisotopic (exact) mass is 443 g/mol. The van der Waals surface area contributed by atoms with Gasteiger partial charge in [0.05, 0.1) is 31.1 Å². The summed E-state index contributed by atoms with van der Waals surface area (Å²) in [5.41, 5.74) is 1.49. The summed E-state index contributed by atoms with van der Waals surface area (Å²) in [6.45, 7) is 0.941. The number of hydrogen-bond donors (Lipinski definition) is 1. The molecule has 4 aromatic rings. The topological polar surface area (TPSA) is 100 Å². The molecular weight excluding hydrogens is 422 g/mol. The Bertz CT molecular complexity index is 1360. The predicted octanol–water partition coefficient (Wildman–Crippen LogP) is 3.26. The van der Waals surface area contributed by atoms with Crippen molar-refractivity contribution in [2.45, 2.75) is 6.04 Å². The molecule has 0 saturated carbocycles. The molecule has 1 N–H and O–H groups in total. The van der Waals surface area contributed by atoms with E-state index < -0.39 is 5.91 Å². The van der Waals surface area contributed by atoms with Crippen molar-refractivity contribution in [1.82, 2.24) is 19.1 Å². The highest BCUT2D eigenvalue weighted by Gasteiger charge is 2.23. The number of hydrogen-bond acceptors (Lipinski definition) is 6. The van der Waals surface area contributed by atoms with Crippen LogP contribution in [0.3, 0.4) is 0 Å². The number of nitrogens with one attached hydrogen (secondary N) is 1. The highest BCUT2D eigenvalue weighted by molar-refractivity contribution is 6.03. The molecule has 33 heavy (non-hydrogen) atoms. The van der Waals surface area contributed by atoms with Gasteiger partial charge < -0.3 is 23.9 Å². The number of nitrogens with zero attached hydrogens (tertiary/aromatic N) is 4. The van der Waals surface area contributed by atoms with E-state index in [-0.39, 0.29) is 17.2 Å². The zero-order chi connectivity index (χ0) is 22.8. The Morgan fingerprint density at radius 3 is 2.70 bits per heavy atom. The van der Waals surface area contributed by atoms with Crippen LogP contribution in [0.2, 0.25) is 0 Å². The van der Waals surface area contributed by atoms with E-state index in [4.69, 9.17) is 9.47 Å². The fourth-order valence-electron chi connectivity index (χ4n) is 3.48. The van der Waals surface area contributed by atoms with Crippen LogP contribution in [0.15, 0.2) is 78.2 Å². The molecule has 0 atom stereocenters. The molecule has 4 aromatic heterocycles. The SMILES string of the molecule is Cn1ccc(-c2cc(Oc3ccc(NC(=O)c4cccn(C5COC5)c4=O)nc3)ccn2)c1. The first kappa shape index (κ1) is 20.7. The van der Waals surface area contributed by atoms with Crippen molar-refractivity contribution in [3.05, 3.63) is 89.4 Å². The van der Waals surface area contributed by atoms with Gasteiger partial charge in [0.25, 0.3) is 11.5 Å². The highest BCUT2D eigenvalue weighted by Crippen LogP contribution is 2.26. The number of anilines is 1. The standard InChI is InChI=1S/C24H21N5O4/c1-28-10-7-16(13-28)21-11-18(6-8-25-21)33-19-4-5-22(26-12-19)27-23(30)20-3-2-9-29(24(20)31)17-14-32-15-17/h2-13,17H,14-15H2,1H3,(H,26,27,30). The Balaban J connectivity index is 1.27. The summed E-state index contributed by atoms with van der Waals surface area (Å²) in [6.07, 6.45) is 8.79. The maximum absolute atomic E-state index is 12.6. The number of aryl methyl sites for hydroxylation is 1. The normalized spacial score (nSPS) is 13.4. The third-order valence-corrected chi connectivity index (χ3v) is 5.31. The summed E-state index contributed by atoms with van der Waals surface area (Å²) in [7, 11) is 1.95. The first-order valence-corrected chi connectivity index (χ1v) is 10.4. The number of carbonyl (C=O) groups excluding carboxylic acids is 1. The van der Waals surface area contributed by atoms with Gasteiger partial charge in [0.2, 0.25) is 0 Å². The van der Waals surface area contributed by atoms with E-state index in [9.17, 15) is 9.59 Å². The molecule has 1 fully saturated rings. The Labute approximate surface area is 189 Å². The number of aromatic nitrogens is 4. The lowest BCUT2D eigenvalue weighted by Gasteiger charge is -2.28. The molecule has 5 rings (SSSR count). The minimum Gasteiger partial charge on any atom is -0.456 e. The molecule has 0 unspecified atom stereocenters. The van der Waals surface area contributed by atoms with Crippen molar-refractivity contribution >= 4 is 11.7 Å². The first-order valence-electron chi connectivity index (χ1n) is 10.4. The van der Waals surface area contributed by atoms with Gasteiger partial charge in [-0.2, -0.15) is 0 Å². The molecule has 0 spiro atoms. The van der Waals surface area contributed by atoms with Crippen LogP contribution in [-0.2, 0) is 11.8 Å². The van der Waals surface area contributed by atoms with Crippen molar-refractivity contribution in [1.29, 1.82) is 0 Å². The average Bonchev–Trinajstić information content (AvgIpc) is 3.22. The van der Waals surface area contributed by atoms with Gasteiger partial charge in [-0.1, -0.05) is 0 Å². The van der Waals surface area contributed by atoms with Crippen LogP contribution < -0.4 is 15.6 Å². The maximum Gasteiger partial charge on any atom is 0.263 e. The molecule has 0 aromatic carbocycles. The van der Waals surface area contributed by atoms with E-state index >= 15 is 0 Å². The number of rotatable bonds is 6. The van der Waals surface area contributed by atoms with E-state index in [0.717, 1.165) is 11.3 Å². The third-order valence-electron chi connectivity index (χ3n) is 5.31. The van der Waals surface area contributed by atoms with Gasteiger partial charge in [0.1, 0.15) is 22.9 Å². The molecule has 166 valence electrons. The Hall–Kier alpha value is -4.24. The van der Waals surface area contributed by atoms with E-state index in [0.29, 0.717) is 30.5 Å². The molecule has 5 heterocycles. The zero-order valence-corrected chi connectivity index (χ0v) is 17.8. The number of carbonyl (C=O) groups is 1. The number of ether oxygens (including phenoxy) is 2. The lowest BCUT2D eigenvalue weighted by molar-refractivity contribution is -0.0249. The summed E-state index contributed by atoms with van der Waals surface area (Å²) in [5.74, 6) is 0.920. The van der Waals surface area contributed by atoms with Gasteiger partial charge >= 0.3 is 0 Å². The summed E-state index contributed by atoms with van der Waals surface area (Å²) < 4.78 is 14.5. The van der Waals surface area contributed by atoms with Crippen LogP contribution in [0.5, 0.6) is 11.5 Å². The lowest BCUT2D eigenvalue weighted by atomic mass is 10.2. The van der Waals surface area contributed by atoms with Crippen molar-refractivity contribution in [3.63, 3.8) is 0 Å². The third kappa shape index (κ3) is 4.39. The van der Waals surface area contributed by atoms with Gasteiger partial charge in [-0.25, -0.2) is 4.98 Å². The lowest BCUT2D eigenvalue weighted by Crippen LogP contribution is -2.39. The van der Waals surface area contributed by atoms with Crippen molar-refractivity contribution in [3.8, 4) is 22.8 Å². The summed E-state index contributed by atoms with van der Waals surface area (Å²) in [5, 5.41) is 2.66. The quantitative estimate of drug-likeness (QED) is 0.491. The molecular formula is C24H21N5O4. The summed E-state index contributed by atoms with van der Waals surface area (Å²) in [6, 6.07) is 12.0. The predicted molar refractivity (Wildman–Crippen MR) is 121 cm³/mol. The smallest absolute Gasteiger partial charge is 0.263 e. The first-order chi connectivity index (χ1) is 16.1. The fourth-order valence-corrected chi connectivity index (χ4v) is 3.48. The van der Waals surface area contributed by atoms with E-state index in [2.05, 4.69) is 15.3 Å². The van der Waals surface area contributed by atoms with Crippen LogP contribution in [0.1, 0.15) is 16.4 Å². The largest absolute Gasteiger partial charge is 0.456 e. The average molecular weight is 443 g/mol. The molecule has 1 aliphatic heterocycles. The second-order valence-electron chi connectivity index (χ2n) is 7.70. The Kier molecular flexibility index (Phi) is 5.45. The van der Waals surface area contributed by atoms with Crippen molar-refractivity contribution < 1.29 is 14.3 Å². The van der Waals surface area contributed by atoms with E-state index in [1.165, 1.54) is 16.8 Å². The van der Waals surface area contributed by atoms with Gasteiger partial charge in [-0.15, -0.1) is 0 Å². The van der Waals surface area contributed by atoms with Crippen LogP contribution >= 0.6 is 0 Å². The van der Waals surface area contributed by atoms with E-state index in [1.807, 2.05) is 36.1 Å². The number of pyridine rings is 3. The molecule has 0 radical (unpaired) electrons. The molecule has 1 amide bonds. The number of amides is 1. The van der Waals surface area contributed by atoms with Crippen LogP contribution in [-0.4, -0.2) is 38.2 Å². The fraction of sp³-hybridized carbons (Fsp3) is 0.167. The minimum atomic E-state index is -0.516. The summed E-state index contributed by atoms with van der Waals surface area (Å²) >= 11 is 0. The Morgan fingerprint density at radius 2 is 2.00 bits per heavy atom. The van der Waals surface area contributed by atoms with Crippen LogP contribution in [0.4, 0.5) is 5.82 Å². The van der Waals surface area contributed by atoms with Gasteiger partial charge in [-0.05, 0) is 36.4 Å². The molecule has 1 saturated heterocycles. The molecule has 9 nitrogen and oxygen atoms in total. The minimum absolute atomic E-state index is 0.0320. The second kappa shape index (κ2) is 8.71. The Morgan fingerprint density at radius 1 is 1.12 bits per heavy atom. The van der Waals surface area contributed by atoms with Gasteiger partial charge in [0, 0.05) is 43.5 Å². The highest BCUT2D eigenvalue weighted by atomic mass is 16.5. The maximum atomic E-state index is 12.6. The summed E-state index contributed by atoms with van der Waals surface area (Å²) in [4.78, 5) is 33.9. The molecule has 0 bridgehead atoms. The molecule has 1 aliphatic rings. The second-order valence-corrected chi connectivity index (χ2v) is 7.70. The van der Waals surface area contributed by atoms with E-state index in [1.54, 1.807) is 36.7 Å². The van der Waals surface area contributed by atoms with Crippen molar-refractivity contribution in [2.75, 3.05) is 18.5 Å². The van der Waals surface area contributed by atoms with Crippen LogP contribution in [0.25, 0.3) is 11.3 Å². The molecule has 0 aliphatic carbocycles. The van der Waals surface area contributed by atoms with Crippen molar-refractivity contribution in [2.24, 2.45) is 7.05 Å². The van der Waals surface area contributed by atoms with Gasteiger partial charge in [0.15, 0.2) is 0 Å². The van der Waals surface area contributed by atoms with Gasteiger partial charge in [-0.3, -0.25) is 14.6 Å². The zero-order valence-electron chi connectivity index (χ0n) is 17.8. The molecule has 9 heteroatoms.